The van der Waals surface area contributed by atoms with Crippen LogP contribution >= 0.6 is 0 Å². The molecule has 0 bridgehead atoms. The highest BCUT2D eigenvalue weighted by molar-refractivity contribution is 5.15. The van der Waals surface area contributed by atoms with Crippen molar-refractivity contribution in [2.75, 3.05) is 20.1 Å². The topological polar surface area (TPSA) is 42.1 Å². The normalized spacial score (nSPS) is 18.1. The Morgan fingerprint density at radius 3 is 2.67 bits per heavy atom. The molecule has 1 unspecified atom stereocenters. The summed E-state index contributed by atoms with van der Waals surface area (Å²) >= 11 is 0. The highest BCUT2D eigenvalue weighted by Gasteiger charge is 2.26. The second-order valence-electron chi connectivity index (χ2n) is 4.41. The van der Waals surface area contributed by atoms with Gasteiger partial charge in [-0.2, -0.15) is 0 Å². The van der Waals surface area contributed by atoms with Crippen LogP contribution in [0, 0.1) is 5.92 Å². The third-order valence-corrected chi connectivity index (χ3v) is 3.09. The highest BCUT2D eigenvalue weighted by atomic mass is 15.1. The average molecular weight is 205 g/mol. The van der Waals surface area contributed by atoms with Gasteiger partial charge >= 0.3 is 0 Å². The van der Waals surface area contributed by atoms with Crippen molar-refractivity contribution < 1.29 is 0 Å². The molecule has 1 fully saturated rings. The Morgan fingerprint density at radius 2 is 2.13 bits per heavy atom. The monoisotopic (exact) mass is 205 g/mol. The van der Waals surface area contributed by atoms with Crippen molar-refractivity contribution in [1.82, 2.24) is 9.88 Å². The molecule has 0 aromatic carbocycles. The fourth-order valence-electron chi connectivity index (χ4n) is 1.99. The van der Waals surface area contributed by atoms with Gasteiger partial charge in [-0.1, -0.05) is 0 Å². The van der Waals surface area contributed by atoms with E-state index in [-0.39, 0.29) is 0 Å². The SMILES string of the molecule is CN(CC1CC1)C(CN)c1ccncc1. The Hall–Kier alpha value is -0.930. The molecule has 1 aliphatic carbocycles. The number of nitrogens with zero attached hydrogens (tertiary/aromatic N) is 2. The Labute approximate surface area is 91.3 Å². The van der Waals surface area contributed by atoms with Crippen molar-refractivity contribution in [2.45, 2.75) is 18.9 Å². The third kappa shape index (κ3) is 2.76. The molecule has 1 atom stereocenters. The first kappa shape index (κ1) is 10.6. The van der Waals surface area contributed by atoms with Gasteiger partial charge in [0.25, 0.3) is 0 Å². The number of hydrogen-bond acceptors (Lipinski definition) is 3. The maximum absolute atomic E-state index is 5.84. The maximum atomic E-state index is 5.84. The standard InChI is InChI=1S/C12H19N3/c1-15(9-10-2-3-10)12(8-13)11-4-6-14-7-5-11/h4-7,10,12H,2-3,8-9,13H2,1H3. The van der Waals surface area contributed by atoms with Gasteiger partial charge in [-0.05, 0) is 43.5 Å². The van der Waals surface area contributed by atoms with Gasteiger partial charge in [-0.3, -0.25) is 9.88 Å². The zero-order chi connectivity index (χ0) is 10.7. The van der Waals surface area contributed by atoms with Crippen LogP contribution in [0.5, 0.6) is 0 Å². The molecule has 82 valence electrons. The van der Waals surface area contributed by atoms with Crippen LogP contribution < -0.4 is 5.73 Å². The molecule has 0 aliphatic heterocycles. The summed E-state index contributed by atoms with van der Waals surface area (Å²) in [5, 5.41) is 0. The fourth-order valence-corrected chi connectivity index (χ4v) is 1.99. The van der Waals surface area contributed by atoms with Crippen LogP contribution in [0.3, 0.4) is 0 Å². The lowest BCUT2D eigenvalue weighted by molar-refractivity contribution is 0.240. The lowest BCUT2D eigenvalue weighted by Gasteiger charge is -2.27. The molecule has 0 spiro atoms. The number of hydrogen-bond donors (Lipinski definition) is 1. The molecule has 1 heterocycles. The van der Waals surface area contributed by atoms with E-state index in [0.717, 1.165) is 5.92 Å². The Morgan fingerprint density at radius 1 is 1.47 bits per heavy atom. The summed E-state index contributed by atoms with van der Waals surface area (Å²) in [5.74, 6) is 0.908. The first-order chi connectivity index (χ1) is 7.31. The van der Waals surface area contributed by atoms with E-state index in [1.54, 1.807) is 0 Å². The van der Waals surface area contributed by atoms with E-state index >= 15 is 0 Å². The molecule has 1 aromatic rings. The predicted molar refractivity (Wildman–Crippen MR) is 61.4 cm³/mol. The fraction of sp³-hybridized carbons (Fsp3) is 0.583. The summed E-state index contributed by atoms with van der Waals surface area (Å²) in [6, 6.07) is 4.45. The van der Waals surface area contributed by atoms with E-state index in [2.05, 4.69) is 29.1 Å². The van der Waals surface area contributed by atoms with Crippen LogP contribution in [0.25, 0.3) is 0 Å². The smallest absolute Gasteiger partial charge is 0.0468 e. The van der Waals surface area contributed by atoms with Gasteiger partial charge in [0, 0.05) is 31.5 Å². The van der Waals surface area contributed by atoms with E-state index in [4.69, 9.17) is 5.73 Å². The molecule has 3 nitrogen and oxygen atoms in total. The number of aromatic nitrogens is 1. The van der Waals surface area contributed by atoms with Gasteiger partial charge in [0.05, 0.1) is 0 Å². The summed E-state index contributed by atoms with van der Waals surface area (Å²) in [6.07, 6.45) is 6.45. The van der Waals surface area contributed by atoms with Crippen molar-refractivity contribution in [3.05, 3.63) is 30.1 Å². The van der Waals surface area contributed by atoms with Crippen LogP contribution in [-0.4, -0.2) is 30.0 Å². The van der Waals surface area contributed by atoms with E-state index < -0.39 is 0 Å². The zero-order valence-electron chi connectivity index (χ0n) is 9.26. The van der Waals surface area contributed by atoms with Crippen molar-refractivity contribution in [2.24, 2.45) is 11.7 Å². The Bertz CT molecular complexity index is 295. The first-order valence-electron chi connectivity index (χ1n) is 5.61. The molecule has 2 rings (SSSR count). The second kappa shape index (κ2) is 4.73. The van der Waals surface area contributed by atoms with Gasteiger partial charge in [0.1, 0.15) is 0 Å². The number of pyridine rings is 1. The highest BCUT2D eigenvalue weighted by Crippen LogP contribution is 2.31. The van der Waals surface area contributed by atoms with E-state index in [1.807, 2.05) is 12.4 Å². The van der Waals surface area contributed by atoms with Gasteiger partial charge < -0.3 is 5.73 Å². The second-order valence-corrected chi connectivity index (χ2v) is 4.41. The summed E-state index contributed by atoms with van der Waals surface area (Å²) < 4.78 is 0. The molecule has 0 radical (unpaired) electrons. The largest absolute Gasteiger partial charge is 0.329 e. The zero-order valence-corrected chi connectivity index (χ0v) is 9.26. The Balaban J connectivity index is 2.01. The van der Waals surface area contributed by atoms with Crippen LogP contribution in [0.15, 0.2) is 24.5 Å². The first-order valence-corrected chi connectivity index (χ1v) is 5.61. The molecular formula is C12H19N3. The van der Waals surface area contributed by atoms with E-state index in [0.29, 0.717) is 12.6 Å². The summed E-state index contributed by atoms with van der Waals surface area (Å²) in [5.41, 5.74) is 7.11. The van der Waals surface area contributed by atoms with E-state index in [1.165, 1.54) is 24.9 Å². The minimum atomic E-state index is 0.341. The van der Waals surface area contributed by atoms with Crippen LogP contribution in [-0.2, 0) is 0 Å². The van der Waals surface area contributed by atoms with Crippen LogP contribution in [0.4, 0.5) is 0 Å². The van der Waals surface area contributed by atoms with Crippen molar-refractivity contribution in [3.8, 4) is 0 Å². The molecule has 2 N–H and O–H groups in total. The Kier molecular flexibility index (Phi) is 3.34. The number of nitrogens with two attached hydrogens (primary N) is 1. The van der Waals surface area contributed by atoms with Gasteiger partial charge in [-0.15, -0.1) is 0 Å². The molecule has 0 amide bonds. The van der Waals surface area contributed by atoms with Gasteiger partial charge in [0.2, 0.25) is 0 Å². The molecule has 1 aliphatic rings. The van der Waals surface area contributed by atoms with Crippen molar-refractivity contribution in [1.29, 1.82) is 0 Å². The average Bonchev–Trinajstić information content (AvgIpc) is 3.04. The molecule has 0 saturated heterocycles. The lowest BCUT2D eigenvalue weighted by atomic mass is 10.1. The quantitative estimate of drug-likeness (QED) is 0.790. The predicted octanol–water partition coefficient (Wildman–Crippen LogP) is 1.42. The molecule has 15 heavy (non-hydrogen) atoms. The molecule has 3 heteroatoms. The van der Waals surface area contributed by atoms with Crippen molar-refractivity contribution >= 4 is 0 Å². The minimum Gasteiger partial charge on any atom is -0.329 e. The molecule has 1 saturated carbocycles. The summed E-state index contributed by atoms with van der Waals surface area (Å²) in [4.78, 5) is 6.40. The van der Waals surface area contributed by atoms with Crippen molar-refractivity contribution in [3.63, 3.8) is 0 Å². The maximum Gasteiger partial charge on any atom is 0.0468 e. The van der Waals surface area contributed by atoms with E-state index in [9.17, 15) is 0 Å². The van der Waals surface area contributed by atoms with Gasteiger partial charge in [0.15, 0.2) is 0 Å². The molecular weight excluding hydrogens is 186 g/mol. The van der Waals surface area contributed by atoms with Crippen LogP contribution in [0.2, 0.25) is 0 Å². The van der Waals surface area contributed by atoms with Gasteiger partial charge in [-0.25, -0.2) is 0 Å². The minimum absolute atomic E-state index is 0.341. The molecule has 1 aromatic heterocycles. The summed E-state index contributed by atoms with van der Waals surface area (Å²) in [7, 11) is 2.16. The summed E-state index contributed by atoms with van der Waals surface area (Å²) in [6.45, 7) is 1.84. The lowest BCUT2D eigenvalue weighted by Crippen LogP contribution is -2.32. The third-order valence-electron chi connectivity index (χ3n) is 3.09. The number of rotatable bonds is 5. The number of likely N-dealkylation sites (N-methyl/N-ethyl adjacent to an activating group) is 1. The van der Waals surface area contributed by atoms with Crippen LogP contribution in [0.1, 0.15) is 24.4 Å².